The van der Waals surface area contributed by atoms with Gasteiger partial charge in [-0.1, -0.05) is 48.5 Å². The molecule has 0 spiro atoms. The maximum absolute atomic E-state index is 2.31. The fourth-order valence-electron chi connectivity index (χ4n) is 3.80. The van der Waals surface area contributed by atoms with Crippen molar-refractivity contribution in [3.05, 3.63) is 119 Å². The highest BCUT2D eigenvalue weighted by atomic mass is 15.6. The van der Waals surface area contributed by atoms with Gasteiger partial charge in [-0.15, -0.1) is 0 Å². The van der Waals surface area contributed by atoms with Gasteiger partial charge in [-0.25, -0.2) is 10.0 Å². The van der Waals surface area contributed by atoms with E-state index in [0.717, 1.165) is 22.7 Å². The summed E-state index contributed by atoms with van der Waals surface area (Å²) in [6, 6.07) is 34.7. The summed E-state index contributed by atoms with van der Waals surface area (Å²) >= 11 is 0. The lowest BCUT2D eigenvalue weighted by Gasteiger charge is -2.39. The van der Waals surface area contributed by atoms with Gasteiger partial charge in [0.25, 0.3) is 0 Å². The molecular weight excluding hydrogens is 364 g/mol. The zero-order chi connectivity index (χ0) is 21.1. The maximum Gasteiger partial charge on any atom is 0.0639 e. The molecule has 0 bridgehead atoms. The third-order valence-corrected chi connectivity index (χ3v) is 5.18. The maximum atomic E-state index is 2.31. The van der Waals surface area contributed by atoms with Crippen LogP contribution in [0.1, 0.15) is 22.3 Å². The van der Waals surface area contributed by atoms with Crippen LogP contribution in [0, 0.1) is 27.7 Å². The minimum atomic E-state index is 1.13. The van der Waals surface area contributed by atoms with E-state index in [1.54, 1.807) is 0 Å². The van der Waals surface area contributed by atoms with Crippen LogP contribution < -0.4 is 10.0 Å². The molecule has 4 aromatic rings. The first-order valence-electron chi connectivity index (χ1n) is 10.4. The van der Waals surface area contributed by atoms with Crippen LogP contribution in [0.5, 0.6) is 0 Å². The van der Waals surface area contributed by atoms with E-state index in [9.17, 15) is 0 Å². The molecule has 4 aromatic carbocycles. The molecule has 150 valence electrons. The largest absolute Gasteiger partial charge is 0.249 e. The fraction of sp³-hybridized carbons (Fsp3) is 0.143. The number of aryl methyl sites for hydroxylation is 4. The summed E-state index contributed by atoms with van der Waals surface area (Å²) in [7, 11) is 0. The molecule has 2 nitrogen and oxygen atoms in total. The monoisotopic (exact) mass is 392 g/mol. The quantitative estimate of drug-likeness (QED) is 0.320. The molecule has 0 N–H and O–H groups in total. The van der Waals surface area contributed by atoms with Crippen LogP contribution in [-0.2, 0) is 0 Å². The smallest absolute Gasteiger partial charge is 0.0639 e. The zero-order valence-corrected chi connectivity index (χ0v) is 18.1. The third-order valence-electron chi connectivity index (χ3n) is 5.18. The number of hydrazine groups is 1. The minimum Gasteiger partial charge on any atom is -0.249 e. The molecule has 0 saturated heterocycles. The lowest BCUT2D eigenvalue weighted by atomic mass is 10.1. The van der Waals surface area contributed by atoms with Crippen molar-refractivity contribution in [1.82, 2.24) is 0 Å². The summed E-state index contributed by atoms with van der Waals surface area (Å²) in [6.45, 7) is 8.56. The van der Waals surface area contributed by atoms with Gasteiger partial charge >= 0.3 is 0 Å². The van der Waals surface area contributed by atoms with Gasteiger partial charge in [0, 0.05) is 0 Å². The van der Waals surface area contributed by atoms with Gasteiger partial charge in [-0.05, 0) is 98.5 Å². The summed E-state index contributed by atoms with van der Waals surface area (Å²) in [6.07, 6.45) is 0. The average Bonchev–Trinajstić information content (AvgIpc) is 2.72. The molecule has 2 heteroatoms. The number of benzene rings is 4. The SMILES string of the molecule is Cc1cccc(N(c2cccc(C)c2)N(c2cccc(C)c2)c2cccc(C)c2)c1. The molecule has 30 heavy (non-hydrogen) atoms. The summed E-state index contributed by atoms with van der Waals surface area (Å²) in [5.74, 6) is 0. The highest BCUT2D eigenvalue weighted by Crippen LogP contribution is 2.37. The van der Waals surface area contributed by atoms with Crippen LogP contribution in [0.2, 0.25) is 0 Å². The van der Waals surface area contributed by atoms with E-state index in [0.29, 0.717) is 0 Å². The second-order valence-corrected chi connectivity index (χ2v) is 7.98. The van der Waals surface area contributed by atoms with Gasteiger partial charge < -0.3 is 0 Å². The first-order chi connectivity index (χ1) is 14.5. The van der Waals surface area contributed by atoms with Crippen molar-refractivity contribution in [2.45, 2.75) is 27.7 Å². The van der Waals surface area contributed by atoms with Crippen molar-refractivity contribution in [3.63, 3.8) is 0 Å². The third kappa shape index (κ3) is 4.23. The standard InChI is InChI=1S/C28H28N2/c1-21-9-5-13-25(17-21)29(26-14-6-10-22(2)18-26)30(27-15-7-11-23(3)19-27)28-16-8-12-24(4)20-28/h5-20H,1-4H3. The zero-order valence-electron chi connectivity index (χ0n) is 18.1. The summed E-state index contributed by atoms with van der Waals surface area (Å²) in [4.78, 5) is 0. The Morgan fingerprint density at radius 1 is 0.367 bits per heavy atom. The fourth-order valence-corrected chi connectivity index (χ4v) is 3.80. The Morgan fingerprint density at radius 2 is 0.600 bits per heavy atom. The molecule has 0 radical (unpaired) electrons. The summed E-state index contributed by atoms with van der Waals surface area (Å²) < 4.78 is 0. The molecule has 0 fully saturated rings. The Labute approximate surface area is 180 Å². The molecule has 0 amide bonds. The van der Waals surface area contributed by atoms with E-state index in [1.165, 1.54) is 22.3 Å². The predicted octanol–water partition coefficient (Wildman–Crippen LogP) is 7.81. The van der Waals surface area contributed by atoms with Crippen LogP contribution in [0.15, 0.2) is 97.1 Å². The van der Waals surface area contributed by atoms with Crippen LogP contribution in [0.25, 0.3) is 0 Å². The Balaban J connectivity index is 1.99. The lowest BCUT2D eigenvalue weighted by molar-refractivity contribution is 0.984. The Kier molecular flexibility index (Phi) is 5.58. The average molecular weight is 393 g/mol. The van der Waals surface area contributed by atoms with Gasteiger partial charge in [-0.3, -0.25) is 0 Å². The Morgan fingerprint density at radius 3 is 0.800 bits per heavy atom. The topological polar surface area (TPSA) is 6.48 Å². The van der Waals surface area contributed by atoms with Crippen molar-refractivity contribution in [1.29, 1.82) is 0 Å². The molecule has 0 aliphatic heterocycles. The van der Waals surface area contributed by atoms with Crippen molar-refractivity contribution in [2.24, 2.45) is 0 Å². The van der Waals surface area contributed by atoms with Gasteiger partial charge in [0.05, 0.1) is 22.7 Å². The van der Waals surface area contributed by atoms with Crippen LogP contribution in [0.4, 0.5) is 22.7 Å². The van der Waals surface area contributed by atoms with E-state index >= 15 is 0 Å². The van der Waals surface area contributed by atoms with E-state index in [4.69, 9.17) is 0 Å². The predicted molar refractivity (Wildman–Crippen MR) is 129 cm³/mol. The van der Waals surface area contributed by atoms with E-state index in [-0.39, 0.29) is 0 Å². The molecule has 0 aromatic heterocycles. The van der Waals surface area contributed by atoms with E-state index in [1.807, 2.05) is 0 Å². The molecule has 0 saturated carbocycles. The van der Waals surface area contributed by atoms with Gasteiger partial charge in [0.15, 0.2) is 0 Å². The molecule has 0 atom stereocenters. The molecular formula is C28H28N2. The number of anilines is 4. The highest BCUT2D eigenvalue weighted by Gasteiger charge is 2.22. The van der Waals surface area contributed by atoms with Crippen LogP contribution in [0.3, 0.4) is 0 Å². The number of hydrogen-bond acceptors (Lipinski definition) is 2. The second kappa shape index (κ2) is 8.46. The van der Waals surface area contributed by atoms with Crippen LogP contribution >= 0.6 is 0 Å². The number of nitrogens with zero attached hydrogens (tertiary/aromatic N) is 2. The molecule has 0 aliphatic rings. The van der Waals surface area contributed by atoms with Crippen LogP contribution in [-0.4, -0.2) is 0 Å². The van der Waals surface area contributed by atoms with E-state index in [2.05, 4.69) is 135 Å². The van der Waals surface area contributed by atoms with Crippen molar-refractivity contribution < 1.29 is 0 Å². The normalized spacial score (nSPS) is 10.7. The number of hydrogen-bond donors (Lipinski definition) is 0. The molecule has 0 aliphatic carbocycles. The van der Waals surface area contributed by atoms with Gasteiger partial charge in [0.2, 0.25) is 0 Å². The molecule has 4 rings (SSSR count). The second-order valence-electron chi connectivity index (χ2n) is 7.98. The van der Waals surface area contributed by atoms with E-state index < -0.39 is 0 Å². The first kappa shape index (κ1) is 19.8. The number of rotatable bonds is 5. The van der Waals surface area contributed by atoms with Crippen molar-refractivity contribution >= 4 is 22.7 Å². The van der Waals surface area contributed by atoms with Gasteiger partial charge in [-0.2, -0.15) is 0 Å². The lowest BCUT2D eigenvalue weighted by Crippen LogP contribution is -2.36. The first-order valence-corrected chi connectivity index (χ1v) is 10.4. The van der Waals surface area contributed by atoms with Crippen molar-refractivity contribution in [2.75, 3.05) is 10.0 Å². The summed E-state index contributed by atoms with van der Waals surface area (Å²) in [5.41, 5.74) is 9.45. The molecule has 0 unspecified atom stereocenters. The minimum absolute atomic E-state index is 1.13. The summed E-state index contributed by atoms with van der Waals surface area (Å²) in [5, 5.41) is 4.62. The highest BCUT2D eigenvalue weighted by molar-refractivity contribution is 5.78. The molecule has 0 heterocycles. The van der Waals surface area contributed by atoms with Gasteiger partial charge in [0.1, 0.15) is 0 Å². The van der Waals surface area contributed by atoms with Crippen molar-refractivity contribution in [3.8, 4) is 0 Å². The Bertz CT molecular complexity index is 978. The Hall–Kier alpha value is -3.52.